The van der Waals surface area contributed by atoms with Crippen LogP contribution in [0.3, 0.4) is 0 Å². The molecule has 0 aromatic rings. The highest BCUT2D eigenvalue weighted by molar-refractivity contribution is 5.93. The molecule has 9 heteroatoms. The van der Waals surface area contributed by atoms with Crippen LogP contribution < -0.4 is 0 Å². The number of nitrogens with one attached hydrogen (secondary N) is 2. The average Bonchev–Trinajstić information content (AvgIpc) is 2.26. The summed E-state index contributed by atoms with van der Waals surface area (Å²) in [4.78, 5) is 0. The molecule has 0 rings (SSSR count). The molecule has 0 saturated carbocycles. The highest BCUT2D eigenvalue weighted by atomic mass is 19.3. The molecule has 0 bridgehead atoms. The molecule has 0 amide bonds. The molecule has 0 aliphatic heterocycles. The molecule has 0 radical (unpaired) electrons. The summed E-state index contributed by atoms with van der Waals surface area (Å²) in [5.41, 5.74) is -0.227. The molecule has 0 aromatic heterocycles. The minimum absolute atomic E-state index is 0.519. The van der Waals surface area contributed by atoms with Crippen LogP contribution in [0.25, 0.3) is 0 Å². The molecule has 21 heavy (non-hydrogen) atoms. The summed E-state index contributed by atoms with van der Waals surface area (Å²) in [7, 11) is 0. The van der Waals surface area contributed by atoms with Gasteiger partial charge < -0.3 is 10.8 Å². The molecule has 0 heterocycles. The molecule has 0 saturated heterocycles. The minimum atomic E-state index is -2.43. The van der Waals surface area contributed by atoms with Crippen LogP contribution in [0.5, 0.6) is 0 Å². The first-order valence-electron chi connectivity index (χ1n) is 4.73. The zero-order valence-electron chi connectivity index (χ0n) is 11.3. The molecule has 0 spiro atoms. The highest BCUT2D eigenvalue weighted by Crippen LogP contribution is 2.08. The Balaban J connectivity index is -0.0000000970. The van der Waals surface area contributed by atoms with Crippen molar-refractivity contribution in [2.75, 3.05) is 0 Å². The lowest BCUT2D eigenvalue weighted by molar-refractivity contribution is 0.390. The maximum Gasteiger partial charge on any atom is 0.307 e. The van der Waals surface area contributed by atoms with Gasteiger partial charge in [0.05, 0.1) is 5.71 Å². The Morgan fingerprint density at radius 3 is 1.00 bits per heavy atom. The Bertz CT molecular complexity index is 376. The van der Waals surface area contributed by atoms with E-state index < -0.39 is 29.8 Å². The molecule has 0 unspecified atom stereocenters. The van der Waals surface area contributed by atoms with Gasteiger partial charge in [-0.15, -0.1) is 0 Å². The van der Waals surface area contributed by atoms with Crippen molar-refractivity contribution >= 4 is 11.4 Å². The molecule has 122 valence electrons. The fraction of sp³-hybridized carbons (Fsp3) is 0.167. The van der Waals surface area contributed by atoms with Crippen LogP contribution in [0.15, 0.2) is 49.9 Å². The van der Waals surface area contributed by atoms with Crippen molar-refractivity contribution in [2.45, 2.75) is 13.8 Å². The van der Waals surface area contributed by atoms with Gasteiger partial charge in [-0.3, -0.25) is 0 Å². The molecule has 0 aliphatic carbocycles. The van der Waals surface area contributed by atoms with Crippen LogP contribution >= 0.6 is 0 Å². The Labute approximate surface area is 118 Å². The molecule has 2 nitrogen and oxygen atoms in total. The van der Waals surface area contributed by atoms with Crippen molar-refractivity contribution < 1.29 is 30.7 Å². The first-order valence-corrected chi connectivity index (χ1v) is 4.73. The summed E-state index contributed by atoms with van der Waals surface area (Å²) in [6.07, 6.45) is -4.60. The van der Waals surface area contributed by atoms with E-state index >= 15 is 0 Å². The van der Waals surface area contributed by atoms with E-state index in [1.54, 1.807) is 6.92 Å². The van der Waals surface area contributed by atoms with Crippen molar-refractivity contribution in [3.05, 3.63) is 49.9 Å². The number of allylic oxidation sites excluding steroid dienone is 2. The summed E-state index contributed by atoms with van der Waals surface area (Å²) >= 11 is 0. The first-order chi connectivity index (χ1) is 9.29. The van der Waals surface area contributed by atoms with Gasteiger partial charge in [-0.05, 0) is 33.1 Å². The van der Waals surface area contributed by atoms with E-state index in [9.17, 15) is 30.7 Å². The van der Waals surface area contributed by atoms with E-state index in [4.69, 9.17) is 10.8 Å². The Morgan fingerprint density at radius 2 is 1.00 bits per heavy atom. The summed E-state index contributed by atoms with van der Waals surface area (Å²) in [5.74, 6) is -1.73. The van der Waals surface area contributed by atoms with Gasteiger partial charge in [0, 0.05) is 5.71 Å². The summed E-state index contributed by atoms with van der Waals surface area (Å²) in [6, 6.07) is 0. The van der Waals surface area contributed by atoms with Gasteiger partial charge in [0.25, 0.3) is 12.2 Å². The van der Waals surface area contributed by atoms with Crippen molar-refractivity contribution in [1.82, 2.24) is 0 Å². The Kier molecular flexibility index (Phi) is 23.1. The largest absolute Gasteiger partial charge is 0.307 e. The van der Waals surface area contributed by atoms with E-state index in [0.717, 1.165) is 6.92 Å². The van der Waals surface area contributed by atoms with Crippen LogP contribution in [0.1, 0.15) is 13.8 Å². The van der Waals surface area contributed by atoms with E-state index in [2.05, 4.69) is 19.7 Å². The summed E-state index contributed by atoms with van der Waals surface area (Å²) in [5, 5.41) is 12.9. The molecule has 0 aromatic carbocycles. The number of hydrogen-bond acceptors (Lipinski definition) is 2. The third-order valence-corrected chi connectivity index (χ3v) is 0.801. The van der Waals surface area contributed by atoms with Gasteiger partial charge >= 0.3 is 6.08 Å². The third-order valence-electron chi connectivity index (χ3n) is 0.801. The Morgan fingerprint density at radius 1 is 0.810 bits per heavy atom. The normalized spacial score (nSPS) is 7.29. The zero-order valence-corrected chi connectivity index (χ0v) is 11.3. The zero-order chi connectivity index (χ0) is 18.2. The second-order valence-corrected chi connectivity index (χ2v) is 2.76. The van der Waals surface area contributed by atoms with Crippen LogP contribution in [0.2, 0.25) is 0 Å². The van der Waals surface area contributed by atoms with Crippen molar-refractivity contribution in [2.24, 2.45) is 0 Å². The summed E-state index contributed by atoms with van der Waals surface area (Å²) in [6.45, 7) is 10.4. The molecular formula is C12H15F7N2. The van der Waals surface area contributed by atoms with E-state index in [1.807, 2.05) is 0 Å². The first kappa shape index (κ1) is 27.2. The number of halogens is 7. The monoisotopic (exact) mass is 320 g/mol. The van der Waals surface area contributed by atoms with Crippen molar-refractivity contribution in [3.63, 3.8) is 0 Å². The predicted molar refractivity (Wildman–Crippen MR) is 70.1 cm³/mol. The standard InChI is InChI=1S/C4H4F3N.C4H7N.2C2H2F2/c1-2(8)3(5)4(6)7;1-3-4(2)5;2*1-2(3)4/h8H,1H3;3,5H,1H2,2H3;2*1H2. The average molecular weight is 320 g/mol. The maximum atomic E-state index is 11.6. The van der Waals surface area contributed by atoms with Crippen LogP contribution in [0.4, 0.5) is 30.7 Å². The molecule has 0 aliphatic rings. The minimum Gasteiger partial charge on any atom is -0.306 e. The predicted octanol–water partition coefficient (Wildman–Crippen LogP) is 6.11. The van der Waals surface area contributed by atoms with E-state index in [1.165, 1.54) is 6.08 Å². The van der Waals surface area contributed by atoms with E-state index in [-0.39, 0.29) is 0 Å². The Hall–Kier alpha value is -2.19. The topological polar surface area (TPSA) is 47.7 Å². The smallest absolute Gasteiger partial charge is 0.306 e. The lowest BCUT2D eigenvalue weighted by atomic mass is 10.4. The van der Waals surface area contributed by atoms with E-state index in [0.29, 0.717) is 5.71 Å². The van der Waals surface area contributed by atoms with Crippen LogP contribution in [-0.4, -0.2) is 11.4 Å². The van der Waals surface area contributed by atoms with Crippen molar-refractivity contribution in [3.8, 4) is 0 Å². The van der Waals surface area contributed by atoms with Crippen molar-refractivity contribution in [1.29, 1.82) is 10.8 Å². The van der Waals surface area contributed by atoms with Gasteiger partial charge in [0.1, 0.15) is 0 Å². The van der Waals surface area contributed by atoms with Gasteiger partial charge in [-0.2, -0.15) is 30.7 Å². The second-order valence-electron chi connectivity index (χ2n) is 2.76. The van der Waals surface area contributed by atoms with Gasteiger partial charge in [0.15, 0.2) is 0 Å². The van der Waals surface area contributed by atoms with Crippen LogP contribution in [-0.2, 0) is 0 Å². The molecule has 2 N–H and O–H groups in total. The quantitative estimate of drug-likeness (QED) is 0.455. The van der Waals surface area contributed by atoms with Gasteiger partial charge in [0.2, 0.25) is 5.83 Å². The lowest BCUT2D eigenvalue weighted by Gasteiger charge is -1.85. The maximum absolute atomic E-state index is 11.6. The number of rotatable bonds is 2. The van der Waals surface area contributed by atoms with Gasteiger partial charge in [-0.25, -0.2) is 0 Å². The fourth-order valence-corrected chi connectivity index (χ4v) is 0.142. The van der Waals surface area contributed by atoms with Gasteiger partial charge in [-0.1, -0.05) is 6.58 Å². The molecular weight excluding hydrogens is 305 g/mol. The molecule has 0 atom stereocenters. The lowest BCUT2D eigenvalue weighted by Crippen LogP contribution is -1.88. The van der Waals surface area contributed by atoms with Crippen LogP contribution in [0, 0.1) is 10.8 Å². The molecule has 0 fully saturated rings. The number of hydrogen-bond donors (Lipinski definition) is 2. The SMILES string of the molecule is C=C(F)F.C=C(F)F.C=CC(C)=N.CC(=N)C(F)=C(F)F. The second kappa shape index (κ2) is 17.8. The highest BCUT2D eigenvalue weighted by Gasteiger charge is 2.05. The third kappa shape index (κ3) is 73.0. The summed E-state index contributed by atoms with van der Waals surface area (Å²) < 4.78 is 74.2. The fourth-order valence-electron chi connectivity index (χ4n) is 0.142.